The molecule has 1 aliphatic rings. The van der Waals surface area contributed by atoms with Gasteiger partial charge in [0.1, 0.15) is 18.1 Å². The molecule has 1 unspecified atom stereocenters. The van der Waals surface area contributed by atoms with E-state index in [0.29, 0.717) is 43.8 Å². The molecule has 1 atom stereocenters. The van der Waals surface area contributed by atoms with Crippen LogP contribution in [0.5, 0.6) is 11.5 Å². The first-order valence-corrected chi connectivity index (χ1v) is 13.2. The number of hydrogen-bond acceptors (Lipinski definition) is 10. The minimum absolute atomic E-state index is 0.190. The third-order valence-electron chi connectivity index (χ3n) is 6.81. The summed E-state index contributed by atoms with van der Waals surface area (Å²) < 4.78 is 5.94. The lowest BCUT2D eigenvalue weighted by Gasteiger charge is -2.32. The molecule has 0 spiro atoms. The summed E-state index contributed by atoms with van der Waals surface area (Å²) >= 11 is 0. The van der Waals surface area contributed by atoms with E-state index in [1.165, 1.54) is 0 Å². The Labute approximate surface area is 229 Å². The Morgan fingerprint density at radius 3 is 2.38 bits per heavy atom. The summed E-state index contributed by atoms with van der Waals surface area (Å²) in [5.41, 5.74) is 1.74. The van der Waals surface area contributed by atoms with Crippen LogP contribution >= 0.6 is 0 Å². The molecule has 11 nitrogen and oxygen atoms in total. The molecule has 0 amide bonds. The number of phenols is 1. The van der Waals surface area contributed by atoms with Crippen LogP contribution in [0.3, 0.4) is 0 Å². The molecule has 2 aromatic carbocycles. The smallest absolute Gasteiger partial charge is 0.306 e. The highest BCUT2D eigenvalue weighted by Crippen LogP contribution is 2.22. The molecule has 0 aliphatic carbocycles. The number of nitrogens with one attached hydrogen (secondary N) is 1. The van der Waals surface area contributed by atoms with Gasteiger partial charge in [-0.1, -0.05) is 19.1 Å². The van der Waals surface area contributed by atoms with Gasteiger partial charge in [0.15, 0.2) is 0 Å². The van der Waals surface area contributed by atoms with Crippen molar-refractivity contribution in [1.29, 1.82) is 0 Å². The summed E-state index contributed by atoms with van der Waals surface area (Å²) in [5, 5.41) is 22.1. The highest BCUT2D eigenvalue weighted by Gasteiger charge is 2.20. The topological polar surface area (TPSA) is 127 Å². The lowest BCUT2D eigenvalue weighted by molar-refractivity contribution is -0.141. The fourth-order valence-electron chi connectivity index (χ4n) is 4.22. The van der Waals surface area contributed by atoms with Gasteiger partial charge in [0.2, 0.25) is 17.8 Å². The molecular formula is C28H37N7O4. The van der Waals surface area contributed by atoms with E-state index >= 15 is 0 Å². The number of benzene rings is 2. The van der Waals surface area contributed by atoms with E-state index in [9.17, 15) is 15.0 Å². The predicted octanol–water partition coefficient (Wildman–Crippen LogP) is 3.24. The van der Waals surface area contributed by atoms with Crippen molar-refractivity contribution in [2.45, 2.75) is 19.8 Å². The van der Waals surface area contributed by atoms with E-state index in [1.807, 2.05) is 43.1 Å². The minimum Gasteiger partial charge on any atom is -0.508 e. The van der Waals surface area contributed by atoms with Crippen LogP contribution in [0.25, 0.3) is 0 Å². The third kappa shape index (κ3) is 7.93. The number of carbonyl (C=O) groups is 1. The number of phenolic OH excluding ortho intramolecular Hbond substituents is 1. The van der Waals surface area contributed by atoms with E-state index in [2.05, 4.69) is 32.1 Å². The maximum Gasteiger partial charge on any atom is 0.306 e. The van der Waals surface area contributed by atoms with Crippen LogP contribution in [0.2, 0.25) is 0 Å². The number of ether oxygens (including phenoxy) is 1. The van der Waals surface area contributed by atoms with Gasteiger partial charge in [0.25, 0.3) is 0 Å². The Balaban J connectivity index is 1.41. The van der Waals surface area contributed by atoms with Crippen molar-refractivity contribution in [3.8, 4) is 11.5 Å². The van der Waals surface area contributed by atoms with Crippen LogP contribution in [0, 0.1) is 5.92 Å². The maximum absolute atomic E-state index is 11.3. The first-order chi connectivity index (χ1) is 18.8. The number of carboxylic acid groups (broad SMARTS) is 1. The maximum atomic E-state index is 11.3. The van der Waals surface area contributed by atoms with Crippen LogP contribution in [0.4, 0.5) is 23.5 Å². The fourth-order valence-corrected chi connectivity index (χ4v) is 4.22. The lowest BCUT2D eigenvalue weighted by Crippen LogP contribution is -2.45. The summed E-state index contributed by atoms with van der Waals surface area (Å²) in [4.78, 5) is 31.7. The van der Waals surface area contributed by atoms with Gasteiger partial charge in [-0.2, -0.15) is 15.0 Å². The molecular weight excluding hydrogens is 498 g/mol. The van der Waals surface area contributed by atoms with Crippen molar-refractivity contribution in [2.75, 3.05) is 68.5 Å². The molecule has 1 fully saturated rings. The highest BCUT2D eigenvalue weighted by atomic mass is 16.5. The Morgan fingerprint density at radius 2 is 1.74 bits per heavy atom. The predicted molar refractivity (Wildman–Crippen MR) is 151 cm³/mol. The van der Waals surface area contributed by atoms with Crippen molar-refractivity contribution in [3.05, 3.63) is 54.1 Å². The average Bonchev–Trinajstić information content (AvgIpc) is 2.93. The monoisotopic (exact) mass is 535 g/mol. The van der Waals surface area contributed by atoms with Gasteiger partial charge in [-0.3, -0.25) is 4.79 Å². The zero-order valence-corrected chi connectivity index (χ0v) is 22.7. The molecule has 208 valence electrons. The molecule has 11 heteroatoms. The summed E-state index contributed by atoms with van der Waals surface area (Å²) in [6.07, 6.45) is 1.10. The number of anilines is 4. The van der Waals surface area contributed by atoms with Crippen molar-refractivity contribution >= 4 is 29.5 Å². The Hall–Kier alpha value is -4.12. The van der Waals surface area contributed by atoms with Crippen LogP contribution < -0.4 is 19.9 Å². The van der Waals surface area contributed by atoms with Gasteiger partial charge in [0, 0.05) is 38.9 Å². The van der Waals surface area contributed by atoms with Crippen molar-refractivity contribution < 1.29 is 19.7 Å². The van der Waals surface area contributed by atoms with Gasteiger partial charge in [-0.05, 0) is 61.9 Å². The van der Waals surface area contributed by atoms with Crippen LogP contribution in [0.15, 0.2) is 48.5 Å². The highest BCUT2D eigenvalue weighted by molar-refractivity contribution is 5.70. The largest absolute Gasteiger partial charge is 0.508 e. The van der Waals surface area contributed by atoms with E-state index in [-0.39, 0.29) is 11.7 Å². The van der Waals surface area contributed by atoms with Gasteiger partial charge in [-0.25, -0.2) is 0 Å². The summed E-state index contributed by atoms with van der Waals surface area (Å²) in [6.45, 7) is 6.36. The summed E-state index contributed by atoms with van der Waals surface area (Å²) in [5.74, 6) is 1.33. The normalized spacial score (nSPS) is 14.6. The van der Waals surface area contributed by atoms with Crippen LogP contribution in [-0.4, -0.2) is 89.5 Å². The molecule has 3 aromatic rings. The van der Waals surface area contributed by atoms with Gasteiger partial charge in [-0.15, -0.1) is 0 Å². The van der Waals surface area contributed by atoms with Crippen molar-refractivity contribution in [1.82, 2.24) is 19.9 Å². The third-order valence-corrected chi connectivity index (χ3v) is 6.81. The molecule has 1 aliphatic heterocycles. The van der Waals surface area contributed by atoms with Gasteiger partial charge in [0.05, 0.1) is 12.5 Å². The SMILES string of the molecule is CCC(Cc1ccc(OCCN(C)c2nc(Nc3ccc(O)cc3)nc(N3CCN(C)CC3)n2)cc1)C(=O)O. The first kappa shape index (κ1) is 27.9. The number of aromatic hydroxyl groups is 1. The number of carboxylic acids is 1. The summed E-state index contributed by atoms with van der Waals surface area (Å²) in [6, 6.07) is 14.3. The minimum atomic E-state index is -0.767. The second-order valence-corrected chi connectivity index (χ2v) is 9.78. The van der Waals surface area contributed by atoms with Gasteiger partial charge >= 0.3 is 5.97 Å². The lowest BCUT2D eigenvalue weighted by atomic mass is 9.97. The number of likely N-dealkylation sites (N-methyl/N-ethyl adjacent to an activating group) is 2. The zero-order valence-electron chi connectivity index (χ0n) is 22.7. The fraction of sp³-hybridized carbons (Fsp3) is 0.429. The number of nitrogens with zero attached hydrogens (tertiary/aromatic N) is 6. The number of rotatable bonds is 12. The second-order valence-electron chi connectivity index (χ2n) is 9.78. The number of aliphatic carboxylic acids is 1. The standard InChI is InChI=1S/C28H37N7O4/c1-4-21(25(37)38)19-20-5-11-24(12-6-20)39-18-17-34(3)27-30-26(29-22-7-9-23(36)10-8-22)31-28(32-27)35-15-13-33(2)14-16-35/h5-12,21,36H,4,13-19H2,1-3H3,(H,37,38)(H,29,30,31,32). The summed E-state index contributed by atoms with van der Waals surface area (Å²) in [7, 11) is 4.02. The molecule has 1 saturated heterocycles. The molecule has 1 aromatic heterocycles. The Morgan fingerprint density at radius 1 is 1.05 bits per heavy atom. The average molecular weight is 536 g/mol. The molecule has 4 rings (SSSR count). The Kier molecular flexibility index (Phi) is 9.37. The molecule has 0 radical (unpaired) electrons. The second kappa shape index (κ2) is 13.1. The van der Waals surface area contributed by atoms with Crippen molar-refractivity contribution in [2.24, 2.45) is 5.92 Å². The van der Waals surface area contributed by atoms with Crippen LogP contribution in [-0.2, 0) is 11.2 Å². The zero-order chi connectivity index (χ0) is 27.8. The Bertz CT molecular complexity index is 1220. The van der Waals surface area contributed by atoms with Gasteiger partial charge < -0.3 is 35.0 Å². The van der Waals surface area contributed by atoms with Crippen LogP contribution in [0.1, 0.15) is 18.9 Å². The van der Waals surface area contributed by atoms with E-state index in [4.69, 9.17) is 9.72 Å². The van der Waals surface area contributed by atoms with Crippen molar-refractivity contribution in [3.63, 3.8) is 0 Å². The number of aromatic nitrogens is 3. The molecule has 2 heterocycles. The number of hydrogen-bond donors (Lipinski definition) is 3. The molecule has 3 N–H and O–H groups in total. The molecule has 0 saturated carbocycles. The van der Waals surface area contributed by atoms with E-state index in [0.717, 1.165) is 43.2 Å². The quantitative estimate of drug-likeness (QED) is 0.296. The first-order valence-electron chi connectivity index (χ1n) is 13.2. The molecule has 0 bridgehead atoms. The van der Waals surface area contributed by atoms with E-state index < -0.39 is 5.97 Å². The number of piperazine rings is 1. The molecule has 39 heavy (non-hydrogen) atoms. The van der Waals surface area contributed by atoms with E-state index in [1.54, 1.807) is 24.3 Å².